The maximum absolute atomic E-state index is 11.4. The number of esters is 1. The van der Waals surface area contributed by atoms with Gasteiger partial charge in [-0.15, -0.1) is 0 Å². The Labute approximate surface area is 96.9 Å². The van der Waals surface area contributed by atoms with Gasteiger partial charge in [0, 0.05) is 6.08 Å². The zero-order valence-electron chi connectivity index (χ0n) is 9.85. The summed E-state index contributed by atoms with van der Waals surface area (Å²) in [7, 11) is 0. The first kappa shape index (κ1) is 12.5. The molecule has 0 bridgehead atoms. The van der Waals surface area contributed by atoms with Crippen LogP contribution in [0, 0.1) is 0 Å². The molecule has 1 rings (SSSR count). The normalized spacial score (nSPS) is 12.6. The highest BCUT2D eigenvalue weighted by Crippen LogP contribution is 2.04. The number of rotatable bonds is 5. The molecule has 1 aromatic carbocycles. The largest absolute Gasteiger partial charge is 0.460 e. The van der Waals surface area contributed by atoms with Crippen molar-refractivity contribution in [3.8, 4) is 0 Å². The number of benzene rings is 1. The highest BCUT2D eigenvalue weighted by molar-refractivity contribution is 5.87. The maximum atomic E-state index is 11.4. The van der Waals surface area contributed by atoms with Crippen LogP contribution in [0.1, 0.15) is 32.3 Å². The Balaban J connectivity index is 2.42. The summed E-state index contributed by atoms with van der Waals surface area (Å²) in [5.41, 5.74) is 1.00. The number of hydrogen-bond acceptors (Lipinski definition) is 2. The van der Waals surface area contributed by atoms with Crippen molar-refractivity contribution in [2.75, 3.05) is 0 Å². The van der Waals surface area contributed by atoms with Gasteiger partial charge in [0.25, 0.3) is 0 Å². The van der Waals surface area contributed by atoms with Crippen LogP contribution in [0.4, 0.5) is 0 Å². The van der Waals surface area contributed by atoms with Crippen LogP contribution in [0.2, 0.25) is 0 Å². The fourth-order valence-electron chi connectivity index (χ4n) is 1.43. The third-order valence-electron chi connectivity index (χ3n) is 2.22. The molecule has 1 aromatic rings. The zero-order chi connectivity index (χ0) is 11.8. The van der Waals surface area contributed by atoms with Crippen LogP contribution < -0.4 is 0 Å². The minimum Gasteiger partial charge on any atom is -0.460 e. The summed E-state index contributed by atoms with van der Waals surface area (Å²) in [6.45, 7) is 3.99. The van der Waals surface area contributed by atoms with E-state index in [1.807, 2.05) is 37.3 Å². The van der Waals surface area contributed by atoms with E-state index in [4.69, 9.17) is 4.74 Å². The van der Waals surface area contributed by atoms with E-state index in [0.717, 1.165) is 18.4 Å². The van der Waals surface area contributed by atoms with E-state index in [1.54, 1.807) is 6.08 Å². The van der Waals surface area contributed by atoms with E-state index in [9.17, 15) is 4.79 Å². The Kier molecular flexibility index (Phi) is 5.34. The fourth-order valence-corrected chi connectivity index (χ4v) is 1.43. The molecule has 0 aliphatic rings. The minimum absolute atomic E-state index is 0.00192. The monoisotopic (exact) mass is 218 g/mol. The van der Waals surface area contributed by atoms with Gasteiger partial charge in [0.2, 0.25) is 0 Å². The summed E-state index contributed by atoms with van der Waals surface area (Å²) in [5.74, 6) is -0.273. The van der Waals surface area contributed by atoms with E-state index in [-0.39, 0.29) is 12.1 Å². The van der Waals surface area contributed by atoms with Crippen molar-refractivity contribution in [2.24, 2.45) is 0 Å². The molecular weight excluding hydrogens is 200 g/mol. The predicted molar refractivity (Wildman–Crippen MR) is 65.9 cm³/mol. The van der Waals surface area contributed by atoms with E-state index in [2.05, 4.69) is 6.92 Å². The molecular formula is C14H18O2. The first-order valence-corrected chi connectivity index (χ1v) is 5.66. The number of ether oxygens (including phenoxy) is 1. The van der Waals surface area contributed by atoms with Gasteiger partial charge in [-0.3, -0.25) is 0 Å². The predicted octanol–water partition coefficient (Wildman–Crippen LogP) is 3.43. The third-order valence-corrected chi connectivity index (χ3v) is 2.22. The molecule has 0 aromatic heterocycles. The molecule has 0 fully saturated rings. The molecule has 86 valence electrons. The lowest BCUT2D eigenvalue weighted by molar-refractivity contribution is -0.142. The average molecular weight is 218 g/mol. The lowest BCUT2D eigenvalue weighted by atomic mass is 10.2. The Bertz CT molecular complexity index is 341. The molecule has 16 heavy (non-hydrogen) atoms. The summed E-state index contributed by atoms with van der Waals surface area (Å²) in [4.78, 5) is 11.4. The van der Waals surface area contributed by atoms with Crippen molar-refractivity contribution in [1.82, 2.24) is 0 Å². The molecule has 2 heteroatoms. The van der Waals surface area contributed by atoms with E-state index >= 15 is 0 Å². The molecule has 2 nitrogen and oxygen atoms in total. The summed E-state index contributed by atoms with van der Waals surface area (Å²) >= 11 is 0. The second kappa shape index (κ2) is 6.83. The standard InChI is InChI=1S/C14H18O2/c1-3-7-12(2)16-14(15)11-10-13-8-5-4-6-9-13/h4-6,8-12H,3,7H2,1-2H3. The summed E-state index contributed by atoms with van der Waals surface area (Å²) in [6.07, 6.45) is 5.17. The van der Waals surface area contributed by atoms with E-state index in [0.29, 0.717) is 0 Å². The molecule has 0 saturated heterocycles. The molecule has 0 spiro atoms. The minimum atomic E-state index is -0.273. The molecule has 0 aliphatic carbocycles. The molecule has 0 amide bonds. The van der Waals surface area contributed by atoms with Gasteiger partial charge in [-0.25, -0.2) is 4.79 Å². The van der Waals surface area contributed by atoms with Crippen LogP contribution in [0.3, 0.4) is 0 Å². The van der Waals surface area contributed by atoms with Crippen LogP contribution in [0.15, 0.2) is 36.4 Å². The van der Waals surface area contributed by atoms with Crippen molar-refractivity contribution >= 4 is 12.0 Å². The topological polar surface area (TPSA) is 26.3 Å². The Morgan fingerprint density at radius 2 is 2.06 bits per heavy atom. The quantitative estimate of drug-likeness (QED) is 0.559. The van der Waals surface area contributed by atoms with Crippen LogP contribution in [0.25, 0.3) is 6.08 Å². The smallest absolute Gasteiger partial charge is 0.331 e. The molecule has 1 unspecified atom stereocenters. The van der Waals surface area contributed by atoms with Gasteiger partial charge in [-0.1, -0.05) is 43.7 Å². The van der Waals surface area contributed by atoms with Crippen molar-refractivity contribution in [2.45, 2.75) is 32.8 Å². The maximum Gasteiger partial charge on any atom is 0.331 e. The average Bonchev–Trinajstić information content (AvgIpc) is 2.28. The molecule has 0 radical (unpaired) electrons. The molecule has 0 N–H and O–H groups in total. The number of carbonyl (C=O) groups is 1. The van der Waals surface area contributed by atoms with Crippen LogP contribution in [0.5, 0.6) is 0 Å². The summed E-state index contributed by atoms with van der Waals surface area (Å²) in [6, 6.07) is 9.70. The van der Waals surface area contributed by atoms with Gasteiger partial charge in [0.15, 0.2) is 0 Å². The highest BCUT2D eigenvalue weighted by atomic mass is 16.5. The fraction of sp³-hybridized carbons (Fsp3) is 0.357. The van der Waals surface area contributed by atoms with Gasteiger partial charge in [-0.2, -0.15) is 0 Å². The van der Waals surface area contributed by atoms with E-state index in [1.165, 1.54) is 6.08 Å². The van der Waals surface area contributed by atoms with Crippen LogP contribution in [-0.2, 0) is 9.53 Å². The first-order valence-electron chi connectivity index (χ1n) is 5.66. The van der Waals surface area contributed by atoms with Crippen molar-refractivity contribution in [3.63, 3.8) is 0 Å². The zero-order valence-corrected chi connectivity index (χ0v) is 9.85. The van der Waals surface area contributed by atoms with Crippen molar-refractivity contribution in [1.29, 1.82) is 0 Å². The van der Waals surface area contributed by atoms with Crippen LogP contribution in [-0.4, -0.2) is 12.1 Å². The van der Waals surface area contributed by atoms with E-state index < -0.39 is 0 Å². The lowest BCUT2D eigenvalue weighted by Gasteiger charge is -2.09. The second-order valence-electron chi connectivity index (χ2n) is 3.78. The Morgan fingerprint density at radius 1 is 1.38 bits per heavy atom. The molecule has 0 heterocycles. The Morgan fingerprint density at radius 3 is 2.69 bits per heavy atom. The van der Waals surface area contributed by atoms with Gasteiger partial charge >= 0.3 is 5.97 Å². The van der Waals surface area contributed by atoms with Crippen LogP contribution >= 0.6 is 0 Å². The molecule has 0 aliphatic heterocycles. The van der Waals surface area contributed by atoms with Crippen molar-refractivity contribution in [3.05, 3.63) is 42.0 Å². The Hall–Kier alpha value is -1.57. The number of hydrogen-bond donors (Lipinski definition) is 0. The van der Waals surface area contributed by atoms with Crippen molar-refractivity contribution < 1.29 is 9.53 Å². The summed E-state index contributed by atoms with van der Waals surface area (Å²) < 4.78 is 5.19. The highest BCUT2D eigenvalue weighted by Gasteiger charge is 2.04. The SMILES string of the molecule is CCCC(C)OC(=O)C=Cc1ccccc1. The molecule has 1 atom stereocenters. The molecule has 0 saturated carbocycles. The number of carbonyl (C=O) groups excluding carboxylic acids is 1. The second-order valence-corrected chi connectivity index (χ2v) is 3.78. The third kappa shape index (κ3) is 4.78. The first-order chi connectivity index (χ1) is 7.72. The van der Waals surface area contributed by atoms with Gasteiger partial charge in [0.1, 0.15) is 0 Å². The van der Waals surface area contributed by atoms with Gasteiger partial charge in [0.05, 0.1) is 6.10 Å². The van der Waals surface area contributed by atoms with Gasteiger partial charge in [-0.05, 0) is 25.0 Å². The summed E-state index contributed by atoms with van der Waals surface area (Å²) in [5, 5.41) is 0. The van der Waals surface area contributed by atoms with Gasteiger partial charge < -0.3 is 4.74 Å². The lowest BCUT2D eigenvalue weighted by Crippen LogP contribution is -2.12.